The van der Waals surface area contributed by atoms with E-state index in [2.05, 4.69) is 220 Å². The van der Waals surface area contributed by atoms with E-state index >= 15 is 0 Å². The summed E-state index contributed by atoms with van der Waals surface area (Å²) in [6.07, 6.45) is 13.8. The summed E-state index contributed by atoms with van der Waals surface area (Å²) < 4.78 is 1.42. The van der Waals surface area contributed by atoms with E-state index in [4.69, 9.17) is 0 Å². The van der Waals surface area contributed by atoms with Crippen LogP contribution in [0.15, 0.2) is 109 Å². The van der Waals surface area contributed by atoms with E-state index in [-0.39, 0.29) is 46.5 Å². The molecule has 316 valence electrons. The van der Waals surface area contributed by atoms with Crippen LogP contribution < -0.4 is 24.8 Å². The van der Waals surface area contributed by atoms with Crippen LogP contribution in [0.3, 0.4) is 0 Å². The summed E-state index contributed by atoms with van der Waals surface area (Å²) in [5.74, 6) is 0.573. The average molecular weight is 915 g/mol. The number of hydrogen-bond acceptors (Lipinski definition) is 0. The number of rotatable bonds is 3. The summed E-state index contributed by atoms with van der Waals surface area (Å²) in [5, 5.41) is 5.57. The third-order valence-corrected chi connectivity index (χ3v) is 14.0. The zero-order valence-electron chi connectivity index (χ0n) is 39.4. The molecule has 3 aliphatic carbocycles. The molecule has 0 aromatic heterocycles. The van der Waals surface area contributed by atoms with E-state index in [1.807, 2.05) is 0 Å². The van der Waals surface area contributed by atoms with Gasteiger partial charge in [0.1, 0.15) is 0 Å². The SMILES string of the molecule is CC(C)(C)c1ccc([C](=[Zr+2])c2ccc(C(C)(C)C)cc2)cc1.CC1=CC(C)(C)c2cc3[cH-]c4cc5c(cc4c3cc21)C(C)=CC5(C)C.CCC1[C-]=CC(C(C)(C)C)=C1.[Cl-].[Cl-]. The first-order chi connectivity index (χ1) is 26.8. The quantitative estimate of drug-likeness (QED) is 0.158. The summed E-state index contributed by atoms with van der Waals surface area (Å²) in [5.41, 5.74) is 16.5. The van der Waals surface area contributed by atoms with Crippen LogP contribution >= 0.6 is 0 Å². The molecule has 5 aromatic rings. The van der Waals surface area contributed by atoms with Gasteiger partial charge >= 0.3 is 151 Å². The summed E-state index contributed by atoms with van der Waals surface area (Å²) in [6, 6.07) is 30.2. The number of halogens is 2. The molecule has 0 fully saturated rings. The van der Waals surface area contributed by atoms with Crippen molar-refractivity contribution in [1.82, 2.24) is 0 Å². The van der Waals surface area contributed by atoms with Gasteiger partial charge in [-0.25, -0.2) is 6.08 Å². The number of hydrogen-bond donors (Lipinski definition) is 0. The fourth-order valence-electron chi connectivity index (χ4n) is 8.87. The first-order valence-electron chi connectivity index (χ1n) is 21.5. The summed E-state index contributed by atoms with van der Waals surface area (Å²) >= 11 is 1.46. The maximum atomic E-state index is 3.35. The van der Waals surface area contributed by atoms with E-state index in [9.17, 15) is 0 Å². The largest absolute Gasteiger partial charge is 1.00 e. The molecule has 0 N–H and O–H groups in total. The molecule has 0 saturated carbocycles. The predicted octanol–water partition coefficient (Wildman–Crippen LogP) is 9.86. The van der Waals surface area contributed by atoms with Gasteiger partial charge in [0.15, 0.2) is 0 Å². The second-order valence-corrected chi connectivity index (χ2v) is 22.7. The van der Waals surface area contributed by atoms with Crippen LogP contribution in [0.1, 0.15) is 162 Å². The van der Waals surface area contributed by atoms with Crippen LogP contribution in [-0.2, 0) is 45.9 Å². The van der Waals surface area contributed by atoms with Gasteiger partial charge in [0.05, 0.1) is 0 Å². The second-order valence-electron chi connectivity index (χ2n) is 21.4. The molecule has 0 aliphatic heterocycles. The molecule has 3 aliphatic rings. The molecule has 5 aromatic carbocycles. The first kappa shape index (κ1) is 49.7. The van der Waals surface area contributed by atoms with Gasteiger partial charge in [-0.1, -0.05) is 109 Å². The van der Waals surface area contributed by atoms with Gasteiger partial charge in [-0.2, -0.15) is 11.6 Å². The maximum Gasteiger partial charge on any atom is 0.00178 e. The van der Waals surface area contributed by atoms with Crippen molar-refractivity contribution in [3.63, 3.8) is 0 Å². The van der Waals surface area contributed by atoms with E-state index in [1.165, 1.54) is 117 Å². The second kappa shape index (κ2) is 18.0. The summed E-state index contributed by atoms with van der Waals surface area (Å²) in [7, 11) is 0. The molecule has 0 radical (unpaired) electrons. The number of benzene rings is 4. The Morgan fingerprint density at radius 1 is 0.617 bits per heavy atom. The zero-order chi connectivity index (χ0) is 42.7. The predicted molar refractivity (Wildman–Crippen MR) is 253 cm³/mol. The van der Waals surface area contributed by atoms with Crippen molar-refractivity contribution in [2.75, 3.05) is 0 Å². The molecular weight excluding hydrogens is 847 g/mol. The molecule has 0 spiro atoms. The van der Waals surface area contributed by atoms with Crippen molar-refractivity contribution >= 4 is 35.9 Å². The topological polar surface area (TPSA) is 0 Å². The molecular formula is C57H68Cl2Zr-2. The van der Waals surface area contributed by atoms with E-state index in [1.54, 1.807) is 0 Å². The molecule has 1 atom stereocenters. The smallest absolute Gasteiger partial charge is 0.00178 e. The van der Waals surface area contributed by atoms with Gasteiger partial charge in [-0.15, -0.1) is 39.7 Å². The Kier molecular flexibility index (Phi) is 14.9. The Bertz CT molecular complexity index is 2340. The third kappa shape index (κ3) is 10.4. The number of allylic oxidation sites excluding steroid dienone is 8. The van der Waals surface area contributed by atoms with Crippen LogP contribution in [0, 0.1) is 17.4 Å². The van der Waals surface area contributed by atoms with Crippen molar-refractivity contribution in [1.29, 1.82) is 0 Å². The Morgan fingerprint density at radius 3 is 1.30 bits per heavy atom. The average Bonchev–Trinajstić information content (AvgIpc) is 3.88. The van der Waals surface area contributed by atoms with E-state index < -0.39 is 0 Å². The third-order valence-electron chi connectivity index (χ3n) is 12.6. The van der Waals surface area contributed by atoms with Crippen LogP contribution in [0.25, 0.3) is 32.7 Å². The van der Waals surface area contributed by atoms with Crippen LogP contribution in [0.4, 0.5) is 0 Å². The van der Waals surface area contributed by atoms with E-state index in [0.717, 1.165) is 0 Å². The molecule has 1 unspecified atom stereocenters. The minimum atomic E-state index is 0. The molecule has 0 bridgehead atoms. The Morgan fingerprint density at radius 2 is 1.00 bits per heavy atom. The van der Waals surface area contributed by atoms with Crippen LogP contribution in [-0.4, -0.2) is 3.21 Å². The molecule has 0 nitrogen and oxygen atoms in total. The molecule has 0 amide bonds. The van der Waals surface area contributed by atoms with Crippen molar-refractivity contribution in [3.05, 3.63) is 159 Å². The molecule has 60 heavy (non-hydrogen) atoms. The van der Waals surface area contributed by atoms with Crippen molar-refractivity contribution in [2.45, 2.75) is 139 Å². The van der Waals surface area contributed by atoms with Crippen LogP contribution in [0.5, 0.6) is 0 Å². The summed E-state index contributed by atoms with van der Waals surface area (Å²) in [6.45, 7) is 36.3. The van der Waals surface area contributed by atoms with Gasteiger partial charge < -0.3 is 24.8 Å². The maximum absolute atomic E-state index is 3.35. The molecule has 3 heteroatoms. The summed E-state index contributed by atoms with van der Waals surface area (Å²) in [4.78, 5) is 0. The van der Waals surface area contributed by atoms with Gasteiger partial charge in [-0.05, 0) is 36.1 Å². The first-order valence-corrected chi connectivity index (χ1v) is 22.8. The van der Waals surface area contributed by atoms with E-state index in [0.29, 0.717) is 11.3 Å². The molecule has 8 rings (SSSR count). The van der Waals surface area contributed by atoms with Crippen molar-refractivity contribution < 1.29 is 49.0 Å². The van der Waals surface area contributed by atoms with Gasteiger partial charge in [0, 0.05) is 10.8 Å². The monoisotopic (exact) mass is 912 g/mol. The normalized spacial score (nSPS) is 17.2. The Hall–Kier alpha value is -2.96. The van der Waals surface area contributed by atoms with Crippen LogP contribution in [0.2, 0.25) is 0 Å². The van der Waals surface area contributed by atoms with Gasteiger partial charge in [0.2, 0.25) is 0 Å². The molecule has 0 saturated heterocycles. The van der Waals surface area contributed by atoms with Gasteiger partial charge in [-0.3, -0.25) is 6.08 Å². The van der Waals surface area contributed by atoms with Gasteiger partial charge in [0.25, 0.3) is 0 Å². The Labute approximate surface area is 391 Å². The zero-order valence-corrected chi connectivity index (χ0v) is 43.3. The van der Waals surface area contributed by atoms with Crippen molar-refractivity contribution in [2.24, 2.45) is 11.3 Å². The standard InChI is InChI=1S/C25H25.C21H26.C11H17.2ClH.Zr/c1-14-12-24(3,4)22-8-16-7-17-9-23-19(15(2)13-25(23,5)6)11-21(17)20(16)10-18(14)22;1-20(2,3)18-11-7-16(8-12-18)15-17-9-13-19(14-10-17)21(4,5)6;1-5-9-6-7-10(8-9)11(2,3)4;;;/h7-13H,1-6H3;7-14H,1-6H3;7-9H,5H2,1-4H3;2*1H;/q-1;;-1;;;+2/p-2. The fraction of sp³-hybridized carbons (Fsp3) is 0.404. The molecule has 0 heterocycles. The van der Waals surface area contributed by atoms with Crippen molar-refractivity contribution in [3.8, 4) is 0 Å². The minimum Gasteiger partial charge on any atom is -1.00 e. The Balaban J connectivity index is 0.000000209. The number of fused-ring (bicyclic) bond motifs is 5. The fourth-order valence-corrected chi connectivity index (χ4v) is 9.69. The minimum absolute atomic E-state index is 0.